The number of hydrogen-bond donors (Lipinski definition) is 2. The van der Waals surface area contributed by atoms with E-state index in [9.17, 15) is 13.2 Å². The first kappa shape index (κ1) is 23.6. The average Bonchev–Trinajstić information content (AvgIpc) is 2.67. The first-order valence-corrected chi connectivity index (χ1v) is 8.16. The molecule has 2 N–H and O–H groups in total. The minimum atomic E-state index is -4.37. The number of nitrogens with zero attached hydrogens (tertiary/aromatic N) is 1. The van der Waals surface area contributed by atoms with E-state index in [1.165, 1.54) is 12.1 Å². The third-order valence-electron chi connectivity index (χ3n) is 3.63. The number of para-hydroxylation sites is 1. The van der Waals surface area contributed by atoms with Crippen LogP contribution in [0.2, 0.25) is 0 Å². The lowest BCUT2D eigenvalue weighted by atomic mass is 10.1. The van der Waals surface area contributed by atoms with Gasteiger partial charge in [0.1, 0.15) is 5.75 Å². The number of guanidine groups is 1. The van der Waals surface area contributed by atoms with Crippen LogP contribution < -0.4 is 15.4 Å². The summed E-state index contributed by atoms with van der Waals surface area (Å²) in [6.45, 7) is 0.743. The molecule has 0 saturated carbocycles. The van der Waals surface area contributed by atoms with Crippen molar-refractivity contribution >= 4 is 29.9 Å². The second kappa shape index (κ2) is 11.4. The number of ether oxygens (including phenoxy) is 1. The molecule has 0 aromatic heterocycles. The summed E-state index contributed by atoms with van der Waals surface area (Å²) < 4.78 is 43.4. The largest absolute Gasteiger partial charge is 0.496 e. The zero-order chi connectivity index (χ0) is 19.7. The van der Waals surface area contributed by atoms with Crippen LogP contribution in [0, 0.1) is 11.8 Å². The predicted molar refractivity (Wildman–Crippen MR) is 115 cm³/mol. The van der Waals surface area contributed by atoms with Gasteiger partial charge >= 0.3 is 6.18 Å². The molecule has 0 fully saturated rings. The van der Waals surface area contributed by atoms with Crippen LogP contribution in [0.25, 0.3) is 0 Å². The number of alkyl halides is 3. The van der Waals surface area contributed by atoms with Gasteiger partial charge < -0.3 is 15.4 Å². The Morgan fingerprint density at radius 3 is 2.54 bits per heavy atom. The molecule has 0 aliphatic heterocycles. The van der Waals surface area contributed by atoms with E-state index >= 15 is 0 Å². The van der Waals surface area contributed by atoms with Gasteiger partial charge in [0.15, 0.2) is 5.96 Å². The summed E-state index contributed by atoms with van der Waals surface area (Å²) in [5.41, 5.74) is 0.568. The Morgan fingerprint density at radius 2 is 1.86 bits per heavy atom. The van der Waals surface area contributed by atoms with Crippen molar-refractivity contribution in [1.29, 1.82) is 0 Å². The highest BCUT2D eigenvalue weighted by atomic mass is 127. The van der Waals surface area contributed by atoms with Crippen LogP contribution in [0.1, 0.15) is 16.7 Å². The second-order valence-electron chi connectivity index (χ2n) is 5.47. The zero-order valence-corrected chi connectivity index (χ0v) is 17.8. The van der Waals surface area contributed by atoms with Gasteiger partial charge in [-0.25, -0.2) is 0 Å². The van der Waals surface area contributed by atoms with E-state index in [0.29, 0.717) is 18.1 Å². The fraction of sp³-hybridized carbons (Fsp3) is 0.250. The topological polar surface area (TPSA) is 45.7 Å². The average molecular weight is 503 g/mol. The van der Waals surface area contributed by atoms with Gasteiger partial charge in [0, 0.05) is 24.7 Å². The van der Waals surface area contributed by atoms with Crippen LogP contribution in [0.4, 0.5) is 13.2 Å². The van der Waals surface area contributed by atoms with E-state index in [2.05, 4.69) is 27.5 Å². The Kier molecular flexibility index (Phi) is 9.65. The molecule has 0 bridgehead atoms. The molecule has 0 amide bonds. The molecular weight excluding hydrogens is 482 g/mol. The Hall–Kier alpha value is -2.41. The summed E-state index contributed by atoms with van der Waals surface area (Å²) in [5.74, 6) is 6.80. The fourth-order valence-electron chi connectivity index (χ4n) is 2.30. The minimum Gasteiger partial charge on any atom is -0.496 e. The predicted octanol–water partition coefficient (Wildman–Crippen LogP) is 4.05. The van der Waals surface area contributed by atoms with Crippen molar-refractivity contribution in [1.82, 2.24) is 10.6 Å². The van der Waals surface area contributed by atoms with Gasteiger partial charge in [0.05, 0.1) is 19.2 Å². The molecule has 2 rings (SSSR count). The molecule has 28 heavy (non-hydrogen) atoms. The SMILES string of the molecule is CN=C(NCC#Cc1cccc(C(F)(F)F)c1)NCc1ccccc1OC.I. The molecule has 4 nitrogen and oxygen atoms in total. The van der Waals surface area contributed by atoms with Crippen LogP contribution in [-0.4, -0.2) is 26.7 Å². The molecule has 0 aliphatic carbocycles. The number of hydrogen-bond acceptors (Lipinski definition) is 2. The molecule has 0 heterocycles. The second-order valence-corrected chi connectivity index (χ2v) is 5.47. The standard InChI is InChI=1S/C20H20F3N3O.HI/c1-24-19(26-14-16-9-3-4-11-18(16)27-2)25-12-6-8-15-7-5-10-17(13-15)20(21,22)23;/h3-5,7,9-11,13H,12,14H2,1-2H3,(H2,24,25,26);1H. The van der Waals surface area contributed by atoms with Gasteiger partial charge in [-0.3, -0.25) is 4.99 Å². The molecule has 2 aromatic carbocycles. The molecule has 0 aliphatic rings. The highest BCUT2D eigenvalue weighted by Crippen LogP contribution is 2.29. The van der Waals surface area contributed by atoms with Crippen LogP contribution in [0.5, 0.6) is 5.75 Å². The molecule has 0 radical (unpaired) electrons. The number of nitrogens with one attached hydrogen (secondary N) is 2. The zero-order valence-electron chi connectivity index (χ0n) is 15.4. The van der Waals surface area contributed by atoms with Gasteiger partial charge in [0.2, 0.25) is 0 Å². The lowest BCUT2D eigenvalue weighted by Crippen LogP contribution is -2.37. The Bertz CT molecular complexity index is 858. The normalized spacial score (nSPS) is 11.0. The number of benzene rings is 2. The maximum atomic E-state index is 12.7. The van der Waals surface area contributed by atoms with Crippen molar-refractivity contribution in [3.05, 3.63) is 65.2 Å². The number of halogens is 4. The number of methoxy groups -OCH3 is 1. The van der Waals surface area contributed by atoms with E-state index < -0.39 is 11.7 Å². The van der Waals surface area contributed by atoms with E-state index in [0.717, 1.165) is 23.4 Å². The quantitative estimate of drug-likeness (QED) is 0.287. The summed E-state index contributed by atoms with van der Waals surface area (Å²) in [5, 5.41) is 6.12. The van der Waals surface area contributed by atoms with Crippen LogP contribution in [0.3, 0.4) is 0 Å². The Balaban J connectivity index is 0.00000392. The van der Waals surface area contributed by atoms with Crippen LogP contribution in [0.15, 0.2) is 53.5 Å². The minimum absolute atomic E-state index is 0. The third kappa shape index (κ3) is 7.31. The monoisotopic (exact) mass is 503 g/mol. The molecule has 0 unspecified atom stereocenters. The summed E-state index contributed by atoms with van der Waals surface area (Å²) in [7, 11) is 3.23. The van der Waals surface area contributed by atoms with E-state index in [1.807, 2.05) is 24.3 Å². The van der Waals surface area contributed by atoms with E-state index in [1.54, 1.807) is 14.2 Å². The number of rotatable bonds is 4. The van der Waals surface area contributed by atoms with Crippen molar-refractivity contribution in [2.75, 3.05) is 20.7 Å². The highest BCUT2D eigenvalue weighted by Gasteiger charge is 2.30. The summed E-state index contributed by atoms with van der Waals surface area (Å²) in [6.07, 6.45) is -4.37. The highest BCUT2D eigenvalue weighted by molar-refractivity contribution is 14.0. The lowest BCUT2D eigenvalue weighted by Gasteiger charge is -2.12. The van der Waals surface area contributed by atoms with Crippen LogP contribution >= 0.6 is 24.0 Å². The molecule has 2 aromatic rings. The third-order valence-corrected chi connectivity index (χ3v) is 3.63. The molecule has 0 atom stereocenters. The van der Waals surface area contributed by atoms with Gasteiger partial charge in [0.25, 0.3) is 0 Å². The van der Waals surface area contributed by atoms with Gasteiger partial charge in [-0.1, -0.05) is 36.1 Å². The molecule has 150 valence electrons. The summed E-state index contributed by atoms with van der Waals surface area (Å²) >= 11 is 0. The first-order chi connectivity index (χ1) is 12.9. The maximum Gasteiger partial charge on any atom is 0.416 e. The van der Waals surface area contributed by atoms with Crippen molar-refractivity contribution in [2.24, 2.45) is 4.99 Å². The molecule has 0 spiro atoms. The van der Waals surface area contributed by atoms with Crippen LogP contribution in [-0.2, 0) is 12.7 Å². The van der Waals surface area contributed by atoms with Gasteiger partial charge in [-0.05, 0) is 24.3 Å². The van der Waals surface area contributed by atoms with E-state index in [-0.39, 0.29) is 30.5 Å². The Morgan fingerprint density at radius 1 is 1.11 bits per heavy atom. The summed E-state index contributed by atoms with van der Waals surface area (Å²) in [4.78, 5) is 4.09. The smallest absolute Gasteiger partial charge is 0.416 e. The van der Waals surface area contributed by atoms with E-state index in [4.69, 9.17) is 4.74 Å². The van der Waals surface area contributed by atoms with Crippen molar-refractivity contribution in [3.63, 3.8) is 0 Å². The lowest BCUT2D eigenvalue weighted by molar-refractivity contribution is -0.137. The molecular formula is C20H21F3IN3O. The van der Waals surface area contributed by atoms with Gasteiger partial charge in [-0.15, -0.1) is 24.0 Å². The molecule has 0 saturated heterocycles. The summed E-state index contributed by atoms with van der Waals surface area (Å²) in [6, 6.07) is 12.5. The van der Waals surface area contributed by atoms with Crippen molar-refractivity contribution in [3.8, 4) is 17.6 Å². The molecule has 8 heteroatoms. The fourth-order valence-corrected chi connectivity index (χ4v) is 2.30. The number of aliphatic imine (C=N–C) groups is 1. The van der Waals surface area contributed by atoms with Crippen molar-refractivity contribution in [2.45, 2.75) is 12.7 Å². The maximum absolute atomic E-state index is 12.7. The first-order valence-electron chi connectivity index (χ1n) is 8.16. The van der Waals surface area contributed by atoms with Crippen molar-refractivity contribution < 1.29 is 17.9 Å². The Labute approximate surface area is 179 Å². The van der Waals surface area contributed by atoms with Gasteiger partial charge in [-0.2, -0.15) is 13.2 Å².